The minimum absolute atomic E-state index is 0.0705. The molecule has 2 amide bonds. The molecular weight excluding hydrogens is 420 g/mol. The summed E-state index contributed by atoms with van der Waals surface area (Å²) in [6, 6.07) is 12.4. The van der Waals surface area contributed by atoms with Gasteiger partial charge in [0, 0.05) is 18.0 Å². The highest BCUT2D eigenvalue weighted by Crippen LogP contribution is 2.31. The Morgan fingerprint density at radius 2 is 2.08 bits per heavy atom. The first-order valence-corrected chi connectivity index (χ1v) is 9.45. The maximum absolute atomic E-state index is 12.6. The minimum Gasteiger partial charge on any atom is -0.480 e. The summed E-state index contributed by atoms with van der Waals surface area (Å²) in [6.07, 6.45) is 0.632. The van der Waals surface area contributed by atoms with E-state index in [-0.39, 0.29) is 11.8 Å². The molecule has 5 nitrogen and oxygen atoms in total. The van der Waals surface area contributed by atoms with Crippen LogP contribution in [0.1, 0.15) is 19.8 Å². The van der Waals surface area contributed by atoms with Gasteiger partial charge in [0.15, 0.2) is 6.10 Å². The fourth-order valence-corrected chi connectivity index (χ4v) is 3.54. The number of hydrogen-bond donors (Lipinski definition) is 1. The number of carbonyl (C=O) groups excluding carboxylic acids is 2. The van der Waals surface area contributed by atoms with Crippen LogP contribution in [0, 0.1) is 0 Å². The lowest BCUT2D eigenvalue weighted by atomic mass is 10.2. The highest BCUT2D eigenvalue weighted by atomic mass is 79.9. The zero-order valence-electron chi connectivity index (χ0n) is 14.2. The second-order valence-electron chi connectivity index (χ2n) is 5.99. The van der Waals surface area contributed by atoms with Crippen molar-refractivity contribution in [3.05, 3.63) is 52.0 Å². The number of benzene rings is 2. The maximum atomic E-state index is 12.6. The van der Waals surface area contributed by atoms with Gasteiger partial charge in [0.25, 0.3) is 5.91 Å². The van der Waals surface area contributed by atoms with Crippen LogP contribution in [0.2, 0.25) is 5.02 Å². The molecule has 7 heteroatoms. The Kier molecular flexibility index (Phi) is 5.84. The standard InChI is InChI=1S/C19H18BrClN2O3/c1-12(26-17-9-8-13(21)11-14(17)20)19(25)22-15-5-2-3-6-16(15)23-10-4-7-18(23)24/h2-3,5-6,8-9,11-12H,4,7,10H2,1H3,(H,22,25). The van der Waals surface area contributed by atoms with E-state index >= 15 is 0 Å². The van der Waals surface area contributed by atoms with Gasteiger partial charge in [-0.05, 0) is 59.6 Å². The molecule has 1 fully saturated rings. The van der Waals surface area contributed by atoms with Crippen LogP contribution in [0.3, 0.4) is 0 Å². The quantitative estimate of drug-likeness (QED) is 0.741. The number of carbonyl (C=O) groups is 2. The van der Waals surface area contributed by atoms with Crippen LogP contribution in [0.15, 0.2) is 46.9 Å². The van der Waals surface area contributed by atoms with Crippen molar-refractivity contribution >= 4 is 50.7 Å². The Labute approximate surface area is 165 Å². The first kappa shape index (κ1) is 18.7. The summed E-state index contributed by atoms with van der Waals surface area (Å²) in [7, 11) is 0. The fraction of sp³-hybridized carbons (Fsp3) is 0.263. The number of nitrogens with zero attached hydrogens (tertiary/aromatic N) is 1. The smallest absolute Gasteiger partial charge is 0.265 e. The number of ether oxygens (including phenoxy) is 1. The zero-order chi connectivity index (χ0) is 18.7. The Hall–Kier alpha value is -2.05. The highest BCUT2D eigenvalue weighted by molar-refractivity contribution is 9.10. The van der Waals surface area contributed by atoms with E-state index in [2.05, 4.69) is 21.2 Å². The molecule has 1 unspecified atom stereocenters. The van der Waals surface area contributed by atoms with Crippen molar-refractivity contribution in [1.29, 1.82) is 0 Å². The lowest BCUT2D eigenvalue weighted by molar-refractivity contribution is -0.122. The first-order chi connectivity index (χ1) is 12.5. The molecule has 2 aromatic carbocycles. The van der Waals surface area contributed by atoms with Gasteiger partial charge in [-0.25, -0.2) is 0 Å². The number of halogens is 2. The average molecular weight is 438 g/mol. The number of anilines is 2. The van der Waals surface area contributed by atoms with Gasteiger partial charge >= 0.3 is 0 Å². The summed E-state index contributed by atoms with van der Waals surface area (Å²) in [6.45, 7) is 2.33. The van der Waals surface area contributed by atoms with Crippen molar-refractivity contribution in [1.82, 2.24) is 0 Å². The largest absolute Gasteiger partial charge is 0.480 e. The molecule has 1 aliphatic heterocycles. The first-order valence-electron chi connectivity index (χ1n) is 8.27. The molecule has 3 rings (SSSR count). The van der Waals surface area contributed by atoms with Gasteiger partial charge in [-0.15, -0.1) is 0 Å². The third kappa shape index (κ3) is 4.19. The number of para-hydroxylation sites is 2. The molecule has 0 spiro atoms. The Morgan fingerprint density at radius 1 is 1.31 bits per heavy atom. The van der Waals surface area contributed by atoms with Crippen LogP contribution in [-0.2, 0) is 9.59 Å². The molecule has 1 heterocycles. The Bertz CT molecular complexity index is 843. The number of nitrogens with one attached hydrogen (secondary N) is 1. The molecule has 0 radical (unpaired) electrons. The molecule has 1 N–H and O–H groups in total. The minimum atomic E-state index is -0.727. The summed E-state index contributed by atoms with van der Waals surface area (Å²) >= 11 is 9.29. The van der Waals surface area contributed by atoms with Crippen molar-refractivity contribution in [3.63, 3.8) is 0 Å². The van der Waals surface area contributed by atoms with Gasteiger partial charge in [0.1, 0.15) is 5.75 Å². The second-order valence-corrected chi connectivity index (χ2v) is 7.28. The molecule has 1 atom stereocenters. The van der Waals surface area contributed by atoms with E-state index in [9.17, 15) is 9.59 Å². The van der Waals surface area contributed by atoms with Crippen molar-refractivity contribution in [2.45, 2.75) is 25.9 Å². The topological polar surface area (TPSA) is 58.6 Å². The van der Waals surface area contributed by atoms with Crippen molar-refractivity contribution in [2.75, 3.05) is 16.8 Å². The van der Waals surface area contributed by atoms with Gasteiger partial charge < -0.3 is 15.0 Å². The van der Waals surface area contributed by atoms with Crippen molar-refractivity contribution < 1.29 is 14.3 Å². The van der Waals surface area contributed by atoms with Gasteiger partial charge in [-0.2, -0.15) is 0 Å². The SMILES string of the molecule is CC(Oc1ccc(Cl)cc1Br)C(=O)Nc1ccccc1N1CCCC1=O. The predicted octanol–water partition coefficient (Wildman–Crippen LogP) is 4.64. The van der Waals surface area contributed by atoms with Gasteiger partial charge in [0.2, 0.25) is 5.91 Å². The highest BCUT2D eigenvalue weighted by Gasteiger charge is 2.25. The van der Waals surface area contributed by atoms with Crippen LogP contribution in [0.4, 0.5) is 11.4 Å². The monoisotopic (exact) mass is 436 g/mol. The fourth-order valence-electron chi connectivity index (χ4n) is 2.77. The van der Waals surface area contributed by atoms with E-state index in [1.807, 2.05) is 18.2 Å². The molecule has 0 aromatic heterocycles. The molecule has 0 saturated carbocycles. The molecule has 26 heavy (non-hydrogen) atoms. The molecule has 2 aromatic rings. The van der Waals surface area contributed by atoms with E-state index in [0.29, 0.717) is 39.6 Å². The van der Waals surface area contributed by atoms with E-state index in [1.165, 1.54) is 0 Å². The third-order valence-corrected chi connectivity index (χ3v) is 4.95. The molecule has 0 bridgehead atoms. The van der Waals surface area contributed by atoms with Crippen LogP contribution in [0.5, 0.6) is 5.75 Å². The second kappa shape index (κ2) is 8.10. The molecular formula is C19H18BrClN2O3. The van der Waals surface area contributed by atoms with Gasteiger partial charge in [0.05, 0.1) is 15.8 Å². The Morgan fingerprint density at radius 3 is 2.77 bits per heavy atom. The summed E-state index contributed by atoms with van der Waals surface area (Å²) in [5.74, 6) is 0.298. The molecule has 1 saturated heterocycles. The van der Waals surface area contributed by atoms with E-state index < -0.39 is 6.10 Å². The summed E-state index contributed by atoms with van der Waals surface area (Å²) in [5.41, 5.74) is 1.31. The maximum Gasteiger partial charge on any atom is 0.265 e. The van der Waals surface area contributed by atoms with Crippen molar-refractivity contribution in [2.24, 2.45) is 0 Å². The number of amides is 2. The lowest BCUT2D eigenvalue weighted by Gasteiger charge is -2.21. The van der Waals surface area contributed by atoms with E-state index in [0.717, 1.165) is 6.42 Å². The van der Waals surface area contributed by atoms with Crippen LogP contribution in [-0.4, -0.2) is 24.5 Å². The van der Waals surface area contributed by atoms with Gasteiger partial charge in [-0.1, -0.05) is 23.7 Å². The molecule has 0 aliphatic carbocycles. The van der Waals surface area contributed by atoms with Crippen LogP contribution in [0.25, 0.3) is 0 Å². The van der Waals surface area contributed by atoms with Crippen LogP contribution >= 0.6 is 27.5 Å². The summed E-state index contributed by atoms with van der Waals surface area (Å²) in [4.78, 5) is 26.3. The number of rotatable bonds is 5. The number of hydrogen-bond acceptors (Lipinski definition) is 3. The van der Waals surface area contributed by atoms with Gasteiger partial charge in [-0.3, -0.25) is 9.59 Å². The normalized spacial score (nSPS) is 15.0. The average Bonchev–Trinajstić information content (AvgIpc) is 3.03. The Balaban J connectivity index is 1.72. The predicted molar refractivity (Wildman–Crippen MR) is 106 cm³/mol. The molecule has 136 valence electrons. The lowest BCUT2D eigenvalue weighted by Crippen LogP contribution is -2.31. The van der Waals surface area contributed by atoms with Crippen LogP contribution < -0.4 is 15.0 Å². The summed E-state index contributed by atoms with van der Waals surface area (Å²) in [5, 5.41) is 3.43. The van der Waals surface area contributed by atoms with E-state index in [4.69, 9.17) is 16.3 Å². The van der Waals surface area contributed by atoms with E-state index in [1.54, 1.807) is 36.1 Å². The van der Waals surface area contributed by atoms with Crippen molar-refractivity contribution in [3.8, 4) is 5.75 Å². The third-order valence-electron chi connectivity index (χ3n) is 4.09. The molecule has 1 aliphatic rings. The summed E-state index contributed by atoms with van der Waals surface area (Å²) < 4.78 is 6.40. The zero-order valence-corrected chi connectivity index (χ0v) is 16.5.